The van der Waals surface area contributed by atoms with Crippen LogP contribution in [-0.4, -0.2) is 19.1 Å². The highest BCUT2D eigenvalue weighted by Crippen LogP contribution is 2.20. The lowest BCUT2D eigenvalue weighted by molar-refractivity contribution is -0.417. The van der Waals surface area contributed by atoms with E-state index in [0.717, 1.165) is 0 Å². The summed E-state index contributed by atoms with van der Waals surface area (Å²) in [6.45, 7) is 0. The minimum absolute atomic E-state index is 0.119. The molecule has 1 rings (SSSR count). The van der Waals surface area contributed by atoms with Gasteiger partial charge in [-0.3, -0.25) is 4.42 Å². The van der Waals surface area contributed by atoms with Gasteiger partial charge in [0.05, 0.1) is 0 Å². The highest BCUT2D eigenvalue weighted by molar-refractivity contribution is 6.01. The van der Waals surface area contributed by atoms with E-state index in [4.69, 9.17) is 4.42 Å². The van der Waals surface area contributed by atoms with Gasteiger partial charge in [0.25, 0.3) is 7.11 Å². The van der Waals surface area contributed by atoms with Crippen molar-refractivity contribution in [3.05, 3.63) is 36.0 Å². The molecule has 0 unspecified atom stereocenters. The maximum Gasteiger partial charge on any atom is 0.410 e. The molecule has 1 aliphatic carbocycles. The van der Waals surface area contributed by atoms with E-state index in [1.54, 1.807) is 0 Å². The first-order valence-corrected chi connectivity index (χ1v) is 3.58. The number of allylic oxidation sites excluding steroid dienone is 6. The maximum absolute atomic E-state index is 11.8. The molecule has 0 aromatic carbocycles. The Bertz CT molecular complexity index is 287. The van der Waals surface area contributed by atoms with Crippen molar-refractivity contribution in [1.29, 1.82) is 0 Å². The first-order chi connectivity index (χ1) is 6.01. The van der Waals surface area contributed by atoms with Gasteiger partial charge in [0.15, 0.2) is 0 Å². The molecule has 1 aliphatic rings. The van der Waals surface area contributed by atoms with Gasteiger partial charge >= 0.3 is 12.0 Å². The molecule has 0 amide bonds. The van der Waals surface area contributed by atoms with Crippen LogP contribution in [-0.2, 0) is 4.42 Å². The summed E-state index contributed by atoms with van der Waals surface area (Å²) in [5.41, 5.74) is 0.119. The molecule has 0 aromatic heterocycles. The quantitative estimate of drug-likeness (QED) is 0.518. The Morgan fingerprint density at radius 3 is 2.08 bits per heavy atom. The van der Waals surface area contributed by atoms with Gasteiger partial charge in [-0.1, -0.05) is 0 Å². The summed E-state index contributed by atoms with van der Waals surface area (Å²) in [6.07, 6.45) is 1.65. The molecule has 13 heavy (non-hydrogen) atoms. The summed E-state index contributed by atoms with van der Waals surface area (Å²) in [4.78, 5) is 0. The van der Waals surface area contributed by atoms with Crippen molar-refractivity contribution in [2.24, 2.45) is 0 Å². The third-order valence-corrected chi connectivity index (χ3v) is 1.45. The molecule has 0 atom stereocenters. The van der Waals surface area contributed by atoms with Crippen LogP contribution in [0.3, 0.4) is 0 Å². The normalized spacial score (nSPS) is 16.3. The van der Waals surface area contributed by atoms with E-state index < -0.39 is 6.18 Å². The van der Waals surface area contributed by atoms with Gasteiger partial charge in [0, 0.05) is 18.2 Å². The summed E-state index contributed by atoms with van der Waals surface area (Å²) in [6, 6.07) is 0. The van der Waals surface area contributed by atoms with Gasteiger partial charge in [-0.2, -0.15) is 13.2 Å². The van der Waals surface area contributed by atoms with E-state index in [-0.39, 0.29) is 11.6 Å². The van der Waals surface area contributed by atoms with E-state index in [1.165, 1.54) is 31.4 Å². The minimum atomic E-state index is -4.27. The maximum atomic E-state index is 11.8. The number of rotatable bonds is 0. The fourth-order valence-corrected chi connectivity index (χ4v) is 0.889. The lowest BCUT2D eigenvalue weighted by Crippen LogP contribution is -2.04. The summed E-state index contributed by atoms with van der Waals surface area (Å²) < 4.78 is 40.3. The monoisotopic (exact) mass is 189 g/mol. The Kier molecular flexibility index (Phi) is 2.70. The molecule has 0 aromatic rings. The fraction of sp³-hybridized carbons (Fsp3) is 0.222. The molecule has 0 radical (unpaired) electrons. The second kappa shape index (κ2) is 3.60. The van der Waals surface area contributed by atoms with Crippen LogP contribution in [0.2, 0.25) is 0 Å². The Morgan fingerprint density at radius 1 is 1.15 bits per heavy atom. The number of alkyl halides is 3. The van der Waals surface area contributed by atoms with Crippen LogP contribution in [0.4, 0.5) is 13.2 Å². The predicted molar refractivity (Wildman–Crippen MR) is 43.3 cm³/mol. The van der Waals surface area contributed by atoms with Crippen molar-refractivity contribution >= 4 is 5.78 Å². The highest BCUT2D eigenvalue weighted by Gasteiger charge is 2.24. The van der Waals surface area contributed by atoms with Crippen molar-refractivity contribution in [2.75, 3.05) is 7.11 Å². The molecule has 70 valence electrons. The van der Waals surface area contributed by atoms with Gasteiger partial charge in [0.1, 0.15) is 0 Å². The molecule has 4 heteroatoms. The minimum Gasteiger partial charge on any atom is -0.258 e. The van der Waals surface area contributed by atoms with Crippen LogP contribution >= 0.6 is 0 Å². The average molecular weight is 189 g/mol. The second-order valence-corrected chi connectivity index (χ2v) is 2.46. The molecular formula is C9H8F3O+. The van der Waals surface area contributed by atoms with Crippen LogP contribution < -0.4 is 0 Å². The summed E-state index contributed by atoms with van der Waals surface area (Å²) in [7, 11) is 1.46. The van der Waals surface area contributed by atoms with Gasteiger partial charge in [-0.25, -0.2) is 0 Å². The van der Waals surface area contributed by atoms with Crippen molar-refractivity contribution in [3.8, 4) is 0 Å². The van der Waals surface area contributed by atoms with Crippen molar-refractivity contribution < 1.29 is 17.6 Å². The van der Waals surface area contributed by atoms with Crippen LogP contribution in [0.1, 0.15) is 0 Å². The van der Waals surface area contributed by atoms with Crippen LogP contribution in [0, 0.1) is 0 Å². The van der Waals surface area contributed by atoms with Crippen LogP contribution in [0.15, 0.2) is 36.0 Å². The van der Waals surface area contributed by atoms with E-state index in [0.29, 0.717) is 5.78 Å². The number of carbonyl (C=O) groups excluding carboxylic acids is 1. The number of ketones is 1. The molecule has 0 bridgehead atoms. The molecule has 0 aliphatic heterocycles. The largest absolute Gasteiger partial charge is 0.410 e. The fourth-order valence-electron chi connectivity index (χ4n) is 0.889. The number of hydrogen-bond donors (Lipinski definition) is 0. The van der Waals surface area contributed by atoms with E-state index in [9.17, 15) is 13.2 Å². The van der Waals surface area contributed by atoms with Gasteiger partial charge in [0.2, 0.25) is 0 Å². The van der Waals surface area contributed by atoms with E-state index in [1.807, 2.05) is 0 Å². The smallest absolute Gasteiger partial charge is 0.258 e. The Balaban J connectivity index is 2.81. The van der Waals surface area contributed by atoms with Gasteiger partial charge in [-0.15, -0.1) is 0 Å². The third-order valence-electron chi connectivity index (χ3n) is 1.45. The lowest BCUT2D eigenvalue weighted by Gasteiger charge is -2.01. The topological polar surface area (TPSA) is 11.3 Å². The SMILES string of the molecule is C[O+]=C1C=CC(=CC(F)(F)F)C=C1. The zero-order valence-electron chi connectivity index (χ0n) is 6.93. The Labute approximate surface area is 73.6 Å². The third kappa shape index (κ3) is 3.27. The summed E-state index contributed by atoms with van der Waals surface area (Å²) in [5.74, 6) is 0.541. The lowest BCUT2D eigenvalue weighted by atomic mass is 10.1. The standard InChI is InChI=1S/C9H8F3O/c1-13-8-4-2-7(3-5-8)6-9(10,11)12/h2-6H,1H3/q+1. The average Bonchev–Trinajstić information content (AvgIpc) is 2.03. The Morgan fingerprint density at radius 2 is 1.69 bits per heavy atom. The van der Waals surface area contributed by atoms with Gasteiger partial charge in [-0.05, 0) is 17.7 Å². The van der Waals surface area contributed by atoms with Crippen molar-refractivity contribution in [1.82, 2.24) is 0 Å². The van der Waals surface area contributed by atoms with Crippen LogP contribution in [0.5, 0.6) is 0 Å². The first kappa shape index (κ1) is 9.77. The zero-order valence-corrected chi connectivity index (χ0v) is 6.93. The van der Waals surface area contributed by atoms with E-state index in [2.05, 4.69) is 0 Å². The summed E-state index contributed by atoms with van der Waals surface area (Å²) in [5, 5.41) is 0. The second-order valence-electron chi connectivity index (χ2n) is 2.46. The molecule has 0 spiro atoms. The molecular weight excluding hydrogens is 181 g/mol. The molecule has 0 saturated heterocycles. The zero-order chi connectivity index (χ0) is 9.90. The molecule has 0 fully saturated rings. The molecule has 0 N–H and O–H groups in total. The number of halogens is 3. The van der Waals surface area contributed by atoms with Crippen LogP contribution in [0.25, 0.3) is 0 Å². The highest BCUT2D eigenvalue weighted by atomic mass is 19.4. The predicted octanol–water partition coefficient (Wildman–Crippen LogP) is 2.34. The van der Waals surface area contributed by atoms with Crippen molar-refractivity contribution in [2.45, 2.75) is 6.18 Å². The molecule has 1 nitrogen and oxygen atoms in total. The molecule has 0 heterocycles. The van der Waals surface area contributed by atoms with Gasteiger partial charge < -0.3 is 0 Å². The summed E-state index contributed by atoms with van der Waals surface area (Å²) >= 11 is 0. The molecule has 0 saturated carbocycles. The first-order valence-electron chi connectivity index (χ1n) is 3.58. The Hall–Kier alpha value is -1.32. The number of hydrogen-bond acceptors (Lipinski definition) is 0. The van der Waals surface area contributed by atoms with Crippen molar-refractivity contribution in [3.63, 3.8) is 0 Å². The van der Waals surface area contributed by atoms with E-state index >= 15 is 0 Å².